The van der Waals surface area contributed by atoms with E-state index in [4.69, 9.17) is 9.47 Å². The fraction of sp³-hybridized carbons (Fsp3) is 0.381. The third-order valence-electron chi connectivity index (χ3n) is 3.61. The number of rotatable bonds is 10. The third-order valence-corrected chi connectivity index (χ3v) is 3.61. The molecule has 0 bridgehead atoms. The van der Waals surface area contributed by atoms with Crippen LogP contribution in [-0.2, 0) is 11.3 Å². The molecule has 0 radical (unpaired) electrons. The van der Waals surface area contributed by atoms with Gasteiger partial charge in [0.05, 0.1) is 0 Å². The number of anilines is 1. The van der Waals surface area contributed by atoms with Crippen LogP contribution in [0.3, 0.4) is 0 Å². The van der Waals surface area contributed by atoms with Crippen LogP contribution < -0.4 is 15.4 Å². The average molecular weight is 356 g/mol. The van der Waals surface area contributed by atoms with Gasteiger partial charge in [-0.1, -0.05) is 50.2 Å². The van der Waals surface area contributed by atoms with Gasteiger partial charge in [-0.05, 0) is 30.5 Å². The number of carbonyl (C=O) groups is 1. The number of benzene rings is 2. The van der Waals surface area contributed by atoms with E-state index in [9.17, 15) is 4.79 Å². The molecule has 0 saturated carbocycles. The number of para-hydroxylation sites is 2. The van der Waals surface area contributed by atoms with Crippen LogP contribution in [0.5, 0.6) is 5.75 Å². The molecule has 2 aromatic rings. The van der Waals surface area contributed by atoms with E-state index in [1.807, 2.05) is 54.6 Å². The van der Waals surface area contributed by atoms with Crippen molar-refractivity contribution in [2.45, 2.75) is 26.9 Å². The fourth-order valence-electron chi connectivity index (χ4n) is 2.31. The Morgan fingerprint density at radius 2 is 1.77 bits per heavy atom. The van der Waals surface area contributed by atoms with Gasteiger partial charge < -0.3 is 20.1 Å². The number of urea groups is 1. The van der Waals surface area contributed by atoms with Gasteiger partial charge in [0.25, 0.3) is 0 Å². The maximum atomic E-state index is 12.1. The van der Waals surface area contributed by atoms with Crippen LogP contribution in [0.25, 0.3) is 0 Å². The zero-order chi connectivity index (χ0) is 18.6. The number of nitrogens with one attached hydrogen (secondary N) is 2. The fourth-order valence-corrected chi connectivity index (χ4v) is 2.31. The largest absolute Gasteiger partial charge is 0.489 e. The first-order valence-electron chi connectivity index (χ1n) is 9.03. The molecular weight excluding hydrogens is 328 g/mol. The quantitative estimate of drug-likeness (QED) is 0.618. The second-order valence-corrected chi connectivity index (χ2v) is 6.46. The van der Waals surface area contributed by atoms with Crippen molar-refractivity contribution in [1.82, 2.24) is 5.32 Å². The van der Waals surface area contributed by atoms with Crippen molar-refractivity contribution in [3.63, 3.8) is 0 Å². The minimum atomic E-state index is -0.221. The monoisotopic (exact) mass is 356 g/mol. The van der Waals surface area contributed by atoms with Crippen LogP contribution in [0.2, 0.25) is 0 Å². The van der Waals surface area contributed by atoms with Crippen molar-refractivity contribution >= 4 is 11.7 Å². The molecule has 2 aromatic carbocycles. The molecule has 5 nitrogen and oxygen atoms in total. The Bertz CT molecular complexity index is 659. The predicted molar refractivity (Wildman–Crippen MR) is 105 cm³/mol. The molecule has 0 fully saturated rings. The molecule has 0 aromatic heterocycles. The summed E-state index contributed by atoms with van der Waals surface area (Å²) in [7, 11) is 0. The van der Waals surface area contributed by atoms with Crippen LogP contribution in [0, 0.1) is 5.92 Å². The van der Waals surface area contributed by atoms with E-state index < -0.39 is 0 Å². The summed E-state index contributed by atoms with van der Waals surface area (Å²) in [5.74, 6) is 1.33. The van der Waals surface area contributed by atoms with Crippen LogP contribution in [0.1, 0.15) is 25.8 Å². The van der Waals surface area contributed by atoms with Crippen molar-refractivity contribution < 1.29 is 14.3 Å². The summed E-state index contributed by atoms with van der Waals surface area (Å²) in [6.07, 6.45) is 0.791. The van der Waals surface area contributed by atoms with Gasteiger partial charge in [-0.2, -0.15) is 0 Å². The van der Waals surface area contributed by atoms with Gasteiger partial charge in [0.1, 0.15) is 12.4 Å². The molecule has 2 rings (SSSR count). The van der Waals surface area contributed by atoms with E-state index >= 15 is 0 Å². The first-order valence-corrected chi connectivity index (χ1v) is 9.03. The van der Waals surface area contributed by atoms with Crippen LogP contribution >= 0.6 is 0 Å². The Morgan fingerprint density at radius 1 is 1.04 bits per heavy atom. The summed E-state index contributed by atoms with van der Waals surface area (Å²) in [5, 5.41) is 5.73. The smallest absolute Gasteiger partial charge is 0.319 e. The summed E-state index contributed by atoms with van der Waals surface area (Å²) in [6, 6.07) is 17.0. The molecule has 2 N–H and O–H groups in total. The number of amides is 2. The minimum absolute atomic E-state index is 0.221. The normalized spacial score (nSPS) is 10.6. The zero-order valence-corrected chi connectivity index (χ0v) is 15.5. The number of ether oxygens (including phenoxy) is 2. The second-order valence-electron chi connectivity index (χ2n) is 6.46. The first kappa shape index (κ1) is 19.8. The summed E-state index contributed by atoms with van der Waals surface area (Å²) >= 11 is 0. The van der Waals surface area contributed by atoms with Crippen LogP contribution in [-0.4, -0.2) is 25.8 Å². The minimum Gasteiger partial charge on any atom is -0.489 e. The van der Waals surface area contributed by atoms with Crippen molar-refractivity contribution in [2.24, 2.45) is 5.92 Å². The summed E-state index contributed by atoms with van der Waals surface area (Å²) < 4.78 is 11.3. The highest BCUT2D eigenvalue weighted by molar-refractivity contribution is 5.90. The maximum Gasteiger partial charge on any atom is 0.319 e. The standard InChI is InChI=1S/C21H28N2O3/c1-17(2)15-25-14-8-13-22-21(24)23-20-12-7-6-9-18(20)16-26-19-10-4-3-5-11-19/h3-7,9-12,17H,8,13-16H2,1-2H3,(H2,22,23,24). The molecule has 140 valence electrons. The molecule has 2 amide bonds. The Balaban J connectivity index is 1.75. The average Bonchev–Trinajstić information content (AvgIpc) is 2.64. The highest BCUT2D eigenvalue weighted by Gasteiger charge is 2.07. The number of hydrogen-bond acceptors (Lipinski definition) is 3. The SMILES string of the molecule is CC(C)COCCCNC(=O)Nc1ccccc1COc1ccccc1. The molecule has 0 spiro atoms. The molecule has 0 heterocycles. The van der Waals surface area contributed by atoms with Crippen LogP contribution in [0.4, 0.5) is 10.5 Å². The summed E-state index contributed by atoms with van der Waals surface area (Å²) in [5.41, 5.74) is 1.67. The maximum absolute atomic E-state index is 12.1. The van der Waals surface area contributed by atoms with E-state index in [1.54, 1.807) is 0 Å². The van der Waals surface area contributed by atoms with Gasteiger partial charge in [-0.15, -0.1) is 0 Å². The third kappa shape index (κ3) is 7.57. The van der Waals surface area contributed by atoms with Gasteiger partial charge in [-0.25, -0.2) is 4.79 Å². The lowest BCUT2D eigenvalue weighted by Crippen LogP contribution is -2.30. The predicted octanol–water partition coefficient (Wildman–Crippen LogP) is 4.45. The lowest BCUT2D eigenvalue weighted by atomic mass is 10.2. The second kappa shape index (κ2) is 11.2. The zero-order valence-electron chi connectivity index (χ0n) is 15.5. The molecular formula is C21H28N2O3. The van der Waals surface area contributed by atoms with E-state index in [1.165, 1.54) is 0 Å². The van der Waals surface area contributed by atoms with Gasteiger partial charge in [0, 0.05) is 31.0 Å². The van der Waals surface area contributed by atoms with Gasteiger partial charge >= 0.3 is 6.03 Å². The lowest BCUT2D eigenvalue weighted by molar-refractivity contribution is 0.108. The van der Waals surface area contributed by atoms with E-state index in [2.05, 4.69) is 24.5 Å². The molecule has 0 saturated heterocycles. The lowest BCUT2D eigenvalue weighted by Gasteiger charge is -2.13. The first-order chi connectivity index (χ1) is 12.6. The van der Waals surface area contributed by atoms with Gasteiger partial charge in [-0.3, -0.25) is 0 Å². The van der Waals surface area contributed by atoms with Crippen molar-refractivity contribution in [1.29, 1.82) is 0 Å². The van der Waals surface area contributed by atoms with Crippen molar-refractivity contribution in [2.75, 3.05) is 25.1 Å². The Labute approximate surface area is 155 Å². The molecule has 0 aliphatic heterocycles. The Morgan fingerprint density at radius 3 is 2.54 bits per heavy atom. The molecule has 0 aliphatic rings. The molecule has 0 atom stereocenters. The molecule has 5 heteroatoms. The number of hydrogen-bond donors (Lipinski definition) is 2. The van der Waals surface area contributed by atoms with Crippen LogP contribution in [0.15, 0.2) is 54.6 Å². The highest BCUT2D eigenvalue weighted by Crippen LogP contribution is 2.18. The summed E-state index contributed by atoms with van der Waals surface area (Å²) in [4.78, 5) is 12.1. The number of carbonyl (C=O) groups excluding carboxylic acids is 1. The van der Waals surface area contributed by atoms with Crippen molar-refractivity contribution in [3.05, 3.63) is 60.2 Å². The topological polar surface area (TPSA) is 59.6 Å². The molecule has 0 aliphatic carbocycles. The Kier molecular flexibility index (Phi) is 8.49. The van der Waals surface area contributed by atoms with E-state index in [-0.39, 0.29) is 6.03 Å². The molecule has 26 heavy (non-hydrogen) atoms. The van der Waals surface area contributed by atoms with E-state index in [0.717, 1.165) is 30.0 Å². The Hall–Kier alpha value is -2.53. The van der Waals surface area contributed by atoms with E-state index in [0.29, 0.717) is 25.7 Å². The van der Waals surface area contributed by atoms with Gasteiger partial charge in [0.2, 0.25) is 0 Å². The van der Waals surface area contributed by atoms with Crippen molar-refractivity contribution in [3.8, 4) is 5.75 Å². The van der Waals surface area contributed by atoms with Gasteiger partial charge in [0.15, 0.2) is 0 Å². The highest BCUT2D eigenvalue weighted by atomic mass is 16.5. The summed E-state index contributed by atoms with van der Waals surface area (Å²) in [6.45, 7) is 6.60. The molecule has 0 unspecified atom stereocenters.